The van der Waals surface area contributed by atoms with Crippen LogP contribution in [0.5, 0.6) is 5.75 Å². The average molecular weight is 515 g/mol. The summed E-state index contributed by atoms with van der Waals surface area (Å²) in [5.41, 5.74) is 5.70. The molecule has 2 heterocycles. The van der Waals surface area contributed by atoms with Crippen LogP contribution in [0.4, 0.5) is 23.0 Å². The van der Waals surface area contributed by atoms with Gasteiger partial charge in [0.1, 0.15) is 11.4 Å². The van der Waals surface area contributed by atoms with Gasteiger partial charge >= 0.3 is 0 Å². The maximum absolute atomic E-state index is 12.2. The van der Waals surface area contributed by atoms with Gasteiger partial charge in [-0.05, 0) is 50.9 Å². The third kappa shape index (κ3) is 5.76. The normalized spacial score (nSPS) is 11.0. The van der Waals surface area contributed by atoms with Crippen molar-refractivity contribution in [2.45, 2.75) is 6.92 Å². The number of nitrogens with one attached hydrogen (secondary N) is 2. The quantitative estimate of drug-likeness (QED) is 0.304. The van der Waals surface area contributed by atoms with E-state index in [4.69, 9.17) is 14.8 Å². The fraction of sp³-hybridized carbons (Fsp3) is 0.286. The first kappa shape index (κ1) is 26.6. The Kier molecular flexibility index (Phi) is 7.92. The van der Waals surface area contributed by atoms with Gasteiger partial charge in [0, 0.05) is 44.8 Å². The molecule has 0 atom stereocenters. The van der Waals surface area contributed by atoms with E-state index in [1.807, 2.05) is 51.1 Å². The highest BCUT2D eigenvalue weighted by Crippen LogP contribution is 2.38. The van der Waals surface area contributed by atoms with Crippen molar-refractivity contribution >= 4 is 39.8 Å². The van der Waals surface area contributed by atoms with Crippen molar-refractivity contribution < 1.29 is 9.53 Å². The zero-order chi connectivity index (χ0) is 27.4. The minimum atomic E-state index is -0.307. The van der Waals surface area contributed by atoms with Gasteiger partial charge in [0.15, 0.2) is 0 Å². The Balaban J connectivity index is 1.71. The second kappa shape index (κ2) is 11.3. The predicted molar refractivity (Wildman–Crippen MR) is 153 cm³/mol. The van der Waals surface area contributed by atoms with E-state index >= 15 is 0 Å². The van der Waals surface area contributed by atoms with Crippen molar-refractivity contribution in [3.05, 3.63) is 60.8 Å². The van der Waals surface area contributed by atoms with Gasteiger partial charge in [0.2, 0.25) is 11.9 Å². The fourth-order valence-corrected chi connectivity index (χ4v) is 4.13. The molecule has 198 valence electrons. The smallest absolute Gasteiger partial charge is 0.247 e. The molecule has 0 aliphatic rings. The van der Waals surface area contributed by atoms with Crippen LogP contribution >= 0.6 is 0 Å². The number of amides is 1. The Bertz CT molecular complexity index is 1480. The number of nitrogens with zero attached hydrogens (tertiary/aromatic N) is 6. The maximum atomic E-state index is 12.2. The number of carbonyl (C=O) groups excluding carboxylic acids is 1. The third-order valence-corrected chi connectivity index (χ3v) is 6.21. The summed E-state index contributed by atoms with van der Waals surface area (Å²) in [7, 11) is 9.54. The zero-order valence-electron chi connectivity index (χ0n) is 22.7. The molecule has 2 aromatic carbocycles. The van der Waals surface area contributed by atoms with E-state index in [0.717, 1.165) is 35.4 Å². The number of hydrogen-bond acceptors (Lipinski definition) is 8. The molecule has 0 saturated heterocycles. The van der Waals surface area contributed by atoms with Gasteiger partial charge in [0.05, 0.1) is 35.4 Å². The number of ether oxygens (including phenoxy) is 1. The Labute approximate surface area is 222 Å². The topological polar surface area (TPSA) is 100 Å². The highest BCUT2D eigenvalue weighted by atomic mass is 16.5. The highest BCUT2D eigenvalue weighted by molar-refractivity contribution is 6.02. The number of methoxy groups -OCH3 is 1. The monoisotopic (exact) mass is 514 g/mol. The van der Waals surface area contributed by atoms with Gasteiger partial charge in [-0.25, -0.2) is 9.97 Å². The summed E-state index contributed by atoms with van der Waals surface area (Å²) >= 11 is 0. The molecule has 0 fully saturated rings. The third-order valence-electron chi connectivity index (χ3n) is 6.21. The van der Waals surface area contributed by atoms with Crippen molar-refractivity contribution in [1.82, 2.24) is 24.6 Å². The van der Waals surface area contributed by atoms with Crippen LogP contribution in [-0.4, -0.2) is 71.9 Å². The summed E-state index contributed by atoms with van der Waals surface area (Å²) in [5, 5.41) is 11.9. The lowest BCUT2D eigenvalue weighted by molar-refractivity contribution is -0.111. The highest BCUT2D eigenvalue weighted by Gasteiger charge is 2.18. The summed E-state index contributed by atoms with van der Waals surface area (Å²) in [6.07, 6.45) is 2.93. The van der Waals surface area contributed by atoms with Crippen LogP contribution in [0.2, 0.25) is 0 Å². The molecule has 10 nitrogen and oxygen atoms in total. The lowest BCUT2D eigenvalue weighted by Gasteiger charge is -2.26. The molecule has 38 heavy (non-hydrogen) atoms. The fourth-order valence-electron chi connectivity index (χ4n) is 4.13. The Morgan fingerprint density at radius 2 is 1.92 bits per heavy atom. The molecule has 4 rings (SSSR count). The van der Waals surface area contributed by atoms with E-state index in [1.165, 1.54) is 11.6 Å². The molecule has 0 aliphatic carbocycles. The average Bonchev–Trinajstić information content (AvgIpc) is 3.23. The van der Waals surface area contributed by atoms with Gasteiger partial charge in [-0.1, -0.05) is 18.7 Å². The lowest BCUT2D eigenvalue weighted by Crippen LogP contribution is -2.29. The molecule has 0 bridgehead atoms. The van der Waals surface area contributed by atoms with E-state index < -0.39 is 0 Å². The van der Waals surface area contributed by atoms with Crippen LogP contribution in [0.15, 0.2) is 55.3 Å². The van der Waals surface area contributed by atoms with E-state index in [-0.39, 0.29) is 5.91 Å². The first-order valence-electron chi connectivity index (χ1n) is 12.2. The molecule has 10 heteroatoms. The Morgan fingerprint density at radius 1 is 1.13 bits per heavy atom. The van der Waals surface area contributed by atoms with Gasteiger partial charge < -0.3 is 25.2 Å². The number of aryl methyl sites for hydroxylation is 2. The molecule has 0 saturated carbocycles. The minimum absolute atomic E-state index is 0.307. The molecule has 1 amide bonds. The number of rotatable bonds is 10. The Hall–Kier alpha value is -4.44. The van der Waals surface area contributed by atoms with Crippen molar-refractivity contribution in [3.63, 3.8) is 0 Å². The van der Waals surface area contributed by atoms with Crippen LogP contribution in [0.3, 0.4) is 0 Å². The standard InChI is InChI=1S/C28H34N8O2/c1-8-26(37)30-21-16-22(25(38-7)17-24(21)35(5)14-13-34(3)4)32-28-29-12-11-20(31-28)27-19-10-9-18(2)15-23(19)36(6)33-27/h8-12,15-17H,1,13-14H2,2-7H3,(H,30,37)(H,29,31,32). The molecule has 2 aromatic heterocycles. The predicted octanol–water partition coefficient (Wildman–Crippen LogP) is 4.21. The maximum Gasteiger partial charge on any atom is 0.247 e. The molecule has 0 aliphatic heterocycles. The zero-order valence-corrected chi connectivity index (χ0v) is 22.7. The summed E-state index contributed by atoms with van der Waals surface area (Å²) < 4.78 is 7.56. The van der Waals surface area contributed by atoms with Crippen LogP contribution in [0, 0.1) is 6.92 Å². The van der Waals surface area contributed by atoms with Crippen LogP contribution in [0.25, 0.3) is 22.3 Å². The summed E-state index contributed by atoms with van der Waals surface area (Å²) in [6.45, 7) is 7.24. The number of aromatic nitrogens is 4. The number of hydrogen-bond donors (Lipinski definition) is 2. The molecule has 0 radical (unpaired) electrons. The molecule has 4 aromatic rings. The lowest BCUT2D eigenvalue weighted by atomic mass is 10.1. The van der Waals surface area contributed by atoms with Crippen LogP contribution < -0.4 is 20.3 Å². The first-order valence-corrected chi connectivity index (χ1v) is 12.2. The van der Waals surface area contributed by atoms with Crippen LogP contribution in [-0.2, 0) is 11.8 Å². The minimum Gasteiger partial charge on any atom is -0.494 e. The Morgan fingerprint density at radius 3 is 2.63 bits per heavy atom. The molecule has 0 unspecified atom stereocenters. The first-order chi connectivity index (χ1) is 18.2. The molecular weight excluding hydrogens is 480 g/mol. The van der Waals surface area contributed by atoms with Crippen molar-refractivity contribution in [2.24, 2.45) is 7.05 Å². The van der Waals surface area contributed by atoms with Crippen LogP contribution in [0.1, 0.15) is 5.56 Å². The number of anilines is 4. The number of likely N-dealkylation sites (N-methyl/N-ethyl adjacent to an activating group) is 2. The second-order valence-electron chi connectivity index (χ2n) is 9.37. The van der Waals surface area contributed by atoms with E-state index in [0.29, 0.717) is 28.8 Å². The van der Waals surface area contributed by atoms with E-state index in [2.05, 4.69) is 57.1 Å². The summed E-state index contributed by atoms with van der Waals surface area (Å²) in [5.74, 6) is 0.654. The summed E-state index contributed by atoms with van der Waals surface area (Å²) in [4.78, 5) is 25.6. The van der Waals surface area contributed by atoms with Gasteiger partial charge in [-0.15, -0.1) is 0 Å². The largest absolute Gasteiger partial charge is 0.494 e. The van der Waals surface area contributed by atoms with Gasteiger partial charge in [-0.3, -0.25) is 9.48 Å². The van der Waals surface area contributed by atoms with Crippen molar-refractivity contribution in [3.8, 4) is 17.1 Å². The van der Waals surface area contributed by atoms with Crippen molar-refractivity contribution in [2.75, 3.05) is 56.9 Å². The molecule has 0 spiro atoms. The van der Waals surface area contributed by atoms with Gasteiger partial charge in [-0.2, -0.15) is 5.10 Å². The number of benzene rings is 2. The SMILES string of the molecule is C=CC(=O)Nc1cc(Nc2nccc(-c3nn(C)c4cc(C)ccc34)n2)c(OC)cc1N(C)CCN(C)C. The van der Waals surface area contributed by atoms with Crippen molar-refractivity contribution in [1.29, 1.82) is 0 Å². The molecular formula is C28H34N8O2. The number of carbonyl (C=O) groups is 1. The number of fused-ring (bicyclic) bond motifs is 1. The van der Waals surface area contributed by atoms with E-state index in [1.54, 1.807) is 13.3 Å². The summed E-state index contributed by atoms with van der Waals surface area (Å²) in [6, 6.07) is 11.8. The molecule has 2 N–H and O–H groups in total. The van der Waals surface area contributed by atoms with E-state index in [9.17, 15) is 4.79 Å². The van der Waals surface area contributed by atoms with Gasteiger partial charge in [0.25, 0.3) is 0 Å². The second-order valence-corrected chi connectivity index (χ2v) is 9.37.